The van der Waals surface area contributed by atoms with Crippen LogP contribution in [-0.4, -0.2) is 44.9 Å². The van der Waals surface area contributed by atoms with E-state index in [0.717, 1.165) is 75.5 Å². The Bertz CT molecular complexity index is 873. The molecular formula is C25H38N2O5S. The molecular weight excluding hydrogens is 440 g/mol. The van der Waals surface area contributed by atoms with E-state index in [1.807, 2.05) is 12.1 Å². The number of sulfone groups is 1. The average molecular weight is 479 g/mol. The Morgan fingerprint density at radius 2 is 1.58 bits per heavy atom. The second kappa shape index (κ2) is 12.4. The van der Waals surface area contributed by atoms with Crippen molar-refractivity contribution in [3.63, 3.8) is 0 Å². The first-order valence-corrected chi connectivity index (χ1v) is 14.1. The lowest BCUT2D eigenvalue weighted by molar-refractivity contribution is -0.131. The van der Waals surface area contributed by atoms with E-state index in [0.29, 0.717) is 0 Å². The lowest BCUT2D eigenvalue weighted by Crippen LogP contribution is -2.52. The summed E-state index contributed by atoms with van der Waals surface area (Å²) in [5.74, 6) is -0.186. The molecule has 2 fully saturated rings. The lowest BCUT2D eigenvalue weighted by atomic mass is 9.88. The van der Waals surface area contributed by atoms with Crippen molar-refractivity contribution in [2.24, 2.45) is 11.8 Å². The second-order valence-corrected chi connectivity index (χ2v) is 11.7. The number of ether oxygens (including phenoxy) is 1. The third kappa shape index (κ3) is 8.32. The van der Waals surface area contributed by atoms with Crippen molar-refractivity contribution in [3.8, 4) is 5.75 Å². The molecule has 1 aromatic rings. The van der Waals surface area contributed by atoms with Gasteiger partial charge in [0.25, 0.3) is 0 Å². The van der Waals surface area contributed by atoms with Crippen LogP contribution in [0.15, 0.2) is 24.3 Å². The normalized spacial score (nSPS) is 18.9. The maximum atomic E-state index is 13.0. The summed E-state index contributed by atoms with van der Waals surface area (Å²) in [6, 6.07) is 6.21. The summed E-state index contributed by atoms with van der Waals surface area (Å²) < 4.78 is 31.1. The predicted octanol–water partition coefficient (Wildman–Crippen LogP) is 3.37. The smallest absolute Gasteiger partial charge is 0.243 e. The molecule has 7 nitrogen and oxygen atoms in total. The first-order chi connectivity index (χ1) is 15.9. The van der Waals surface area contributed by atoms with Crippen molar-refractivity contribution in [1.29, 1.82) is 0 Å². The summed E-state index contributed by atoms with van der Waals surface area (Å²) in [5.41, 5.74) is 0.867. The van der Waals surface area contributed by atoms with E-state index in [1.54, 1.807) is 19.2 Å². The van der Waals surface area contributed by atoms with E-state index in [1.165, 1.54) is 0 Å². The standard InChI is InChI=1S/C25H38N2O5S/c1-32-22-14-12-19(13-15-22)16-26-25(29)23(27-24(28)21-10-6-3-7-11-21)18-33(30,31)17-20-8-4-2-5-9-20/h12-15,20-21,23H,2-11,16-18H2,1H3,(H,26,29)(H,27,28). The topological polar surface area (TPSA) is 102 Å². The first kappa shape index (κ1) is 25.5. The molecule has 0 saturated heterocycles. The molecule has 0 spiro atoms. The van der Waals surface area contributed by atoms with E-state index in [-0.39, 0.29) is 35.8 Å². The summed E-state index contributed by atoms with van der Waals surface area (Å²) in [7, 11) is -1.90. The molecule has 0 radical (unpaired) electrons. The Hall–Kier alpha value is -2.09. The molecule has 1 aromatic carbocycles. The summed E-state index contributed by atoms with van der Waals surface area (Å²) in [6.07, 6.45) is 9.80. The molecule has 0 aliphatic heterocycles. The minimum Gasteiger partial charge on any atom is -0.497 e. The van der Waals surface area contributed by atoms with Crippen molar-refractivity contribution in [1.82, 2.24) is 10.6 Å². The maximum Gasteiger partial charge on any atom is 0.243 e. The van der Waals surface area contributed by atoms with Crippen molar-refractivity contribution in [2.75, 3.05) is 18.6 Å². The van der Waals surface area contributed by atoms with Gasteiger partial charge in [0.1, 0.15) is 11.8 Å². The van der Waals surface area contributed by atoms with Crippen LogP contribution in [0.3, 0.4) is 0 Å². The molecule has 1 atom stereocenters. The van der Waals surface area contributed by atoms with Gasteiger partial charge in [-0.1, -0.05) is 50.7 Å². The van der Waals surface area contributed by atoms with E-state index in [4.69, 9.17) is 4.74 Å². The summed E-state index contributed by atoms with van der Waals surface area (Å²) in [4.78, 5) is 25.8. The maximum absolute atomic E-state index is 13.0. The third-order valence-electron chi connectivity index (χ3n) is 6.87. The van der Waals surface area contributed by atoms with Crippen molar-refractivity contribution < 1.29 is 22.7 Å². The van der Waals surface area contributed by atoms with Crippen LogP contribution in [0.25, 0.3) is 0 Å². The fourth-order valence-electron chi connectivity index (χ4n) is 4.93. The van der Waals surface area contributed by atoms with Gasteiger partial charge in [-0.25, -0.2) is 8.42 Å². The molecule has 0 bridgehead atoms. The van der Waals surface area contributed by atoms with Crippen LogP contribution in [0.5, 0.6) is 5.75 Å². The number of nitrogens with one attached hydrogen (secondary N) is 2. The summed E-state index contributed by atoms with van der Waals surface area (Å²) >= 11 is 0. The highest BCUT2D eigenvalue weighted by Crippen LogP contribution is 2.26. The Morgan fingerprint density at radius 3 is 2.18 bits per heavy atom. The minimum absolute atomic E-state index is 0.0918. The Morgan fingerprint density at radius 1 is 0.970 bits per heavy atom. The number of methoxy groups -OCH3 is 1. The number of benzene rings is 1. The molecule has 2 aliphatic carbocycles. The van der Waals surface area contributed by atoms with E-state index in [2.05, 4.69) is 10.6 Å². The molecule has 33 heavy (non-hydrogen) atoms. The third-order valence-corrected chi connectivity index (χ3v) is 8.69. The Labute approximate surface area is 198 Å². The molecule has 184 valence electrons. The number of carbonyl (C=O) groups is 2. The summed E-state index contributed by atoms with van der Waals surface area (Å²) in [5, 5.41) is 5.60. The number of amides is 2. The molecule has 2 amide bonds. The van der Waals surface area contributed by atoms with E-state index < -0.39 is 21.8 Å². The summed E-state index contributed by atoms with van der Waals surface area (Å²) in [6.45, 7) is 0.251. The zero-order valence-corrected chi connectivity index (χ0v) is 20.5. The van der Waals surface area contributed by atoms with Gasteiger partial charge in [0.15, 0.2) is 9.84 Å². The highest BCUT2D eigenvalue weighted by molar-refractivity contribution is 7.91. The number of hydrogen-bond donors (Lipinski definition) is 2. The molecule has 2 saturated carbocycles. The first-order valence-electron chi connectivity index (χ1n) is 12.3. The van der Waals surface area contributed by atoms with Gasteiger partial charge < -0.3 is 15.4 Å². The van der Waals surface area contributed by atoms with Gasteiger partial charge in [0, 0.05) is 12.5 Å². The highest BCUT2D eigenvalue weighted by Gasteiger charge is 2.31. The quantitative estimate of drug-likeness (QED) is 0.537. The van der Waals surface area contributed by atoms with Gasteiger partial charge in [0.05, 0.1) is 18.6 Å². The van der Waals surface area contributed by atoms with Crippen molar-refractivity contribution in [3.05, 3.63) is 29.8 Å². The molecule has 8 heteroatoms. The van der Waals surface area contributed by atoms with E-state index >= 15 is 0 Å². The number of rotatable bonds is 10. The van der Waals surface area contributed by atoms with Gasteiger partial charge in [-0.15, -0.1) is 0 Å². The zero-order valence-electron chi connectivity index (χ0n) is 19.7. The monoisotopic (exact) mass is 478 g/mol. The van der Waals surface area contributed by atoms with Crippen LogP contribution < -0.4 is 15.4 Å². The fraction of sp³-hybridized carbons (Fsp3) is 0.680. The van der Waals surface area contributed by atoms with Gasteiger partial charge >= 0.3 is 0 Å². The molecule has 0 heterocycles. The Kier molecular flexibility index (Phi) is 9.59. The molecule has 1 unspecified atom stereocenters. The second-order valence-electron chi connectivity index (χ2n) is 9.54. The van der Waals surface area contributed by atoms with Gasteiger partial charge in [-0.2, -0.15) is 0 Å². The van der Waals surface area contributed by atoms with Crippen LogP contribution in [0.1, 0.15) is 69.8 Å². The van der Waals surface area contributed by atoms with Gasteiger partial charge in [0.2, 0.25) is 11.8 Å². The van der Waals surface area contributed by atoms with Gasteiger partial charge in [-0.05, 0) is 49.3 Å². The van der Waals surface area contributed by atoms with Crippen LogP contribution in [-0.2, 0) is 26.0 Å². The molecule has 2 aliphatic rings. The molecule has 3 rings (SSSR count). The Balaban J connectivity index is 1.64. The predicted molar refractivity (Wildman–Crippen MR) is 129 cm³/mol. The van der Waals surface area contributed by atoms with Crippen molar-refractivity contribution in [2.45, 2.75) is 76.8 Å². The van der Waals surface area contributed by atoms with Crippen LogP contribution >= 0.6 is 0 Å². The van der Waals surface area contributed by atoms with Crippen molar-refractivity contribution >= 4 is 21.7 Å². The van der Waals surface area contributed by atoms with Gasteiger partial charge in [-0.3, -0.25) is 9.59 Å². The minimum atomic E-state index is -3.49. The zero-order chi connectivity index (χ0) is 23.7. The molecule has 0 aromatic heterocycles. The fourth-order valence-corrected chi connectivity index (χ4v) is 6.86. The number of carbonyl (C=O) groups excluding carboxylic acids is 2. The number of hydrogen-bond acceptors (Lipinski definition) is 5. The lowest BCUT2D eigenvalue weighted by Gasteiger charge is -2.26. The van der Waals surface area contributed by atoms with E-state index in [9.17, 15) is 18.0 Å². The molecule has 2 N–H and O–H groups in total. The average Bonchev–Trinajstić information content (AvgIpc) is 2.83. The largest absolute Gasteiger partial charge is 0.497 e. The highest BCUT2D eigenvalue weighted by atomic mass is 32.2. The SMILES string of the molecule is COc1ccc(CNC(=O)C(CS(=O)(=O)CC2CCCCC2)NC(=O)C2CCCCC2)cc1. The van der Waals surface area contributed by atoms with Crippen LogP contribution in [0, 0.1) is 11.8 Å². The van der Waals surface area contributed by atoms with Crippen LogP contribution in [0.2, 0.25) is 0 Å². The van der Waals surface area contributed by atoms with Crippen LogP contribution in [0.4, 0.5) is 0 Å².